The molecule has 18 heavy (non-hydrogen) atoms. The van der Waals surface area contributed by atoms with E-state index in [2.05, 4.69) is 5.32 Å². The van der Waals surface area contributed by atoms with Crippen molar-refractivity contribution in [3.05, 3.63) is 22.2 Å². The Kier molecular flexibility index (Phi) is 3.94. The fraction of sp³-hybridized carbons (Fsp3) is 0.455. The van der Waals surface area contributed by atoms with Crippen LogP contribution in [-0.4, -0.2) is 26.0 Å². The first-order valence-corrected chi connectivity index (χ1v) is 8.16. The molecule has 1 atom stereocenters. The number of hydrogen-bond donors (Lipinski definition) is 2. The molecule has 1 aromatic carbocycles. The molecule has 1 aromatic rings. The minimum absolute atomic E-state index is 0.122. The van der Waals surface area contributed by atoms with Crippen molar-refractivity contribution in [1.29, 1.82) is 0 Å². The number of sulfone groups is 1. The van der Waals surface area contributed by atoms with Crippen molar-refractivity contribution < 1.29 is 8.42 Å². The van der Waals surface area contributed by atoms with Gasteiger partial charge in [-0.25, -0.2) is 8.42 Å². The predicted molar refractivity (Wildman–Crippen MR) is 76.2 cm³/mol. The fourth-order valence-corrected chi connectivity index (χ4v) is 4.02. The molecule has 1 saturated heterocycles. The monoisotopic (exact) mass is 308 g/mol. The number of nitrogens with two attached hydrogens (primary N) is 1. The zero-order valence-electron chi connectivity index (χ0n) is 9.62. The number of nitrogens with one attached hydrogen (secondary N) is 1. The van der Waals surface area contributed by atoms with Crippen molar-refractivity contribution in [3.8, 4) is 0 Å². The Hall–Kier alpha value is -0.650. The molecule has 4 nitrogen and oxygen atoms in total. The highest BCUT2D eigenvalue weighted by Crippen LogP contribution is 2.31. The minimum atomic E-state index is -2.95. The molecule has 1 fully saturated rings. The summed E-state index contributed by atoms with van der Waals surface area (Å²) in [4.78, 5) is 0. The van der Waals surface area contributed by atoms with Gasteiger partial charge in [0.2, 0.25) is 0 Å². The molecule has 0 bridgehead atoms. The van der Waals surface area contributed by atoms with Gasteiger partial charge in [-0.3, -0.25) is 0 Å². The predicted octanol–water partition coefficient (Wildman–Crippen LogP) is 2.56. The zero-order valence-corrected chi connectivity index (χ0v) is 11.9. The lowest BCUT2D eigenvalue weighted by atomic mass is 10.1. The Morgan fingerprint density at radius 1 is 1.28 bits per heavy atom. The first-order chi connectivity index (χ1) is 8.37. The third-order valence-electron chi connectivity index (χ3n) is 2.92. The maximum atomic E-state index is 11.5. The number of hydrogen-bond acceptors (Lipinski definition) is 4. The molecule has 7 heteroatoms. The van der Waals surface area contributed by atoms with Crippen LogP contribution >= 0.6 is 23.2 Å². The number of anilines is 2. The van der Waals surface area contributed by atoms with Crippen LogP contribution in [0.5, 0.6) is 0 Å². The SMILES string of the molecule is Nc1cc(Cl)c(Cl)cc1NC1CCCS(=O)(=O)C1. The number of benzene rings is 1. The maximum Gasteiger partial charge on any atom is 0.152 e. The maximum absolute atomic E-state index is 11.5. The Morgan fingerprint density at radius 3 is 2.61 bits per heavy atom. The van der Waals surface area contributed by atoms with E-state index in [4.69, 9.17) is 28.9 Å². The van der Waals surface area contributed by atoms with Crippen LogP contribution in [0.4, 0.5) is 11.4 Å². The van der Waals surface area contributed by atoms with Gasteiger partial charge in [0.05, 0.1) is 32.9 Å². The summed E-state index contributed by atoms with van der Waals surface area (Å²) in [5.41, 5.74) is 6.92. The molecule has 0 saturated carbocycles. The molecule has 100 valence electrons. The second-order valence-electron chi connectivity index (χ2n) is 4.45. The van der Waals surface area contributed by atoms with Crippen LogP contribution in [0.3, 0.4) is 0 Å². The molecule has 0 radical (unpaired) electrons. The highest BCUT2D eigenvalue weighted by molar-refractivity contribution is 7.91. The smallest absolute Gasteiger partial charge is 0.152 e. The van der Waals surface area contributed by atoms with Crippen LogP contribution in [0.15, 0.2) is 12.1 Å². The van der Waals surface area contributed by atoms with Gasteiger partial charge in [0, 0.05) is 6.04 Å². The van der Waals surface area contributed by atoms with Gasteiger partial charge in [0.15, 0.2) is 9.84 Å². The summed E-state index contributed by atoms with van der Waals surface area (Å²) in [6, 6.07) is 3.06. The fourth-order valence-electron chi connectivity index (χ4n) is 2.04. The molecule has 1 heterocycles. The van der Waals surface area contributed by atoms with E-state index >= 15 is 0 Å². The van der Waals surface area contributed by atoms with Crippen molar-refractivity contribution in [2.45, 2.75) is 18.9 Å². The van der Waals surface area contributed by atoms with E-state index in [1.807, 2.05) is 0 Å². The summed E-state index contributed by atoms with van der Waals surface area (Å²) in [5.74, 6) is 0.398. The second kappa shape index (κ2) is 5.15. The van der Waals surface area contributed by atoms with E-state index in [0.717, 1.165) is 6.42 Å². The lowest BCUT2D eigenvalue weighted by molar-refractivity contribution is 0.562. The quantitative estimate of drug-likeness (QED) is 0.824. The van der Waals surface area contributed by atoms with Gasteiger partial charge in [-0.2, -0.15) is 0 Å². The van der Waals surface area contributed by atoms with E-state index in [1.54, 1.807) is 12.1 Å². The summed E-state index contributed by atoms with van der Waals surface area (Å²) < 4.78 is 23.1. The van der Waals surface area contributed by atoms with Gasteiger partial charge in [-0.15, -0.1) is 0 Å². The van der Waals surface area contributed by atoms with Crippen molar-refractivity contribution >= 4 is 44.4 Å². The standard InChI is InChI=1S/C11H14Cl2N2O2S/c12-8-4-10(14)11(5-9(8)13)15-7-2-1-3-18(16,17)6-7/h4-5,7,15H,1-3,6,14H2. The number of rotatable bonds is 2. The lowest BCUT2D eigenvalue weighted by Gasteiger charge is -2.24. The molecular formula is C11H14Cl2N2O2S. The molecule has 2 rings (SSSR count). The van der Waals surface area contributed by atoms with Crippen LogP contribution in [-0.2, 0) is 9.84 Å². The van der Waals surface area contributed by atoms with Gasteiger partial charge in [0.25, 0.3) is 0 Å². The molecule has 0 aliphatic carbocycles. The summed E-state index contributed by atoms with van der Waals surface area (Å²) in [5, 5.41) is 3.91. The van der Waals surface area contributed by atoms with Crippen molar-refractivity contribution in [2.24, 2.45) is 0 Å². The average Bonchev–Trinajstić information content (AvgIpc) is 2.24. The number of halogens is 2. The van der Waals surface area contributed by atoms with E-state index in [9.17, 15) is 8.42 Å². The Labute approximate surface area is 116 Å². The molecule has 1 aliphatic rings. The van der Waals surface area contributed by atoms with Gasteiger partial charge in [-0.1, -0.05) is 23.2 Å². The third-order valence-corrected chi connectivity index (χ3v) is 5.46. The van der Waals surface area contributed by atoms with E-state index in [1.165, 1.54) is 0 Å². The van der Waals surface area contributed by atoms with Crippen LogP contribution in [0.1, 0.15) is 12.8 Å². The van der Waals surface area contributed by atoms with Crippen LogP contribution in [0.2, 0.25) is 10.0 Å². The highest BCUT2D eigenvalue weighted by atomic mass is 35.5. The topological polar surface area (TPSA) is 72.2 Å². The summed E-state index contributed by atoms with van der Waals surface area (Å²) in [6.07, 6.45) is 1.47. The second-order valence-corrected chi connectivity index (χ2v) is 7.49. The molecule has 3 N–H and O–H groups in total. The van der Waals surface area contributed by atoms with Gasteiger partial charge >= 0.3 is 0 Å². The Morgan fingerprint density at radius 2 is 1.94 bits per heavy atom. The van der Waals surface area contributed by atoms with Crippen molar-refractivity contribution in [3.63, 3.8) is 0 Å². The van der Waals surface area contributed by atoms with Crippen LogP contribution in [0.25, 0.3) is 0 Å². The largest absolute Gasteiger partial charge is 0.397 e. The molecular weight excluding hydrogens is 295 g/mol. The average molecular weight is 309 g/mol. The van der Waals surface area contributed by atoms with Crippen molar-refractivity contribution in [2.75, 3.05) is 22.6 Å². The van der Waals surface area contributed by atoms with E-state index < -0.39 is 9.84 Å². The summed E-state index contributed by atoms with van der Waals surface area (Å²) >= 11 is 11.8. The Balaban J connectivity index is 2.17. The summed E-state index contributed by atoms with van der Waals surface area (Å²) in [7, 11) is -2.95. The van der Waals surface area contributed by atoms with E-state index in [-0.39, 0.29) is 17.5 Å². The highest BCUT2D eigenvalue weighted by Gasteiger charge is 2.25. The van der Waals surface area contributed by atoms with Gasteiger partial charge in [0.1, 0.15) is 0 Å². The first kappa shape index (κ1) is 13.8. The minimum Gasteiger partial charge on any atom is -0.397 e. The van der Waals surface area contributed by atoms with E-state index in [0.29, 0.717) is 27.8 Å². The first-order valence-electron chi connectivity index (χ1n) is 5.59. The van der Waals surface area contributed by atoms with Gasteiger partial charge < -0.3 is 11.1 Å². The van der Waals surface area contributed by atoms with Crippen LogP contribution < -0.4 is 11.1 Å². The molecule has 0 amide bonds. The Bertz CT molecular complexity index is 560. The third kappa shape index (κ3) is 3.22. The molecule has 1 aliphatic heterocycles. The molecule has 0 spiro atoms. The lowest BCUT2D eigenvalue weighted by Crippen LogP contribution is -2.35. The van der Waals surface area contributed by atoms with Gasteiger partial charge in [-0.05, 0) is 25.0 Å². The summed E-state index contributed by atoms with van der Waals surface area (Å²) in [6.45, 7) is 0. The zero-order chi connectivity index (χ0) is 13.3. The van der Waals surface area contributed by atoms with Crippen LogP contribution in [0, 0.1) is 0 Å². The number of nitrogen functional groups attached to an aromatic ring is 1. The van der Waals surface area contributed by atoms with Crippen molar-refractivity contribution in [1.82, 2.24) is 0 Å². The molecule has 1 unspecified atom stereocenters. The normalized spacial score (nSPS) is 22.7. The molecule has 0 aromatic heterocycles.